The van der Waals surface area contributed by atoms with Gasteiger partial charge < -0.3 is 46.3 Å². The summed E-state index contributed by atoms with van der Waals surface area (Å²) in [5.41, 5.74) is 9.30. The predicted octanol–water partition coefficient (Wildman–Crippen LogP) is 10.8. The van der Waals surface area contributed by atoms with Crippen molar-refractivity contribution < 1.29 is 32.1 Å². The first-order chi connectivity index (χ1) is 40.1. The zero-order valence-electron chi connectivity index (χ0n) is 49.9. The van der Waals surface area contributed by atoms with Gasteiger partial charge in [0.25, 0.3) is 28.5 Å². The van der Waals surface area contributed by atoms with Gasteiger partial charge >= 0.3 is 7.12 Å². The predicted molar refractivity (Wildman–Crippen MR) is 348 cm³/mol. The minimum Gasteiger partial charge on any atom is -0.398 e. The molecule has 3 aliphatic carbocycles. The second kappa shape index (κ2) is 24.3. The van der Waals surface area contributed by atoms with Crippen LogP contribution < -0.4 is 49.3 Å². The van der Waals surface area contributed by atoms with Gasteiger partial charge in [-0.1, -0.05) is 7.43 Å². The van der Waals surface area contributed by atoms with Crippen LogP contribution >= 0.6 is 55.9 Å². The van der Waals surface area contributed by atoms with Crippen LogP contribution in [0.2, 0.25) is 5.28 Å². The van der Waals surface area contributed by atoms with Crippen LogP contribution in [0.5, 0.6) is 0 Å². The molecule has 8 N–H and O–H groups in total. The molecule has 2 atom stereocenters. The van der Waals surface area contributed by atoms with Crippen molar-refractivity contribution >= 4 is 125 Å². The highest BCUT2D eigenvalue weighted by Crippen LogP contribution is 2.41. The highest BCUT2D eigenvalue weighted by molar-refractivity contribution is 9.11. The molecule has 28 heteroatoms. The van der Waals surface area contributed by atoms with Crippen LogP contribution in [-0.4, -0.2) is 85.4 Å². The van der Waals surface area contributed by atoms with E-state index in [-0.39, 0.29) is 119 Å². The number of hydrogen-bond acceptors (Lipinski definition) is 13. The maximum atomic E-state index is 14.9. The number of aromatic amines is 2. The number of carbonyl (C=O) groups is 2. The van der Waals surface area contributed by atoms with Gasteiger partial charge in [-0.2, -0.15) is 0 Å². The fraction of sp³-hybridized carbons (Fsp3) is 0.433. The Hall–Kier alpha value is -6.55. The Morgan fingerprint density at radius 3 is 1.42 bits per heavy atom. The van der Waals surface area contributed by atoms with Gasteiger partial charge in [0.15, 0.2) is 0 Å². The topological polar surface area (TPSA) is 263 Å². The molecule has 2 amide bonds. The molecule has 14 rings (SSSR count). The molecule has 8 aromatic rings. The number of nitrogens with two attached hydrogens (primary N) is 1. The van der Waals surface area contributed by atoms with E-state index in [2.05, 4.69) is 98.8 Å². The maximum absolute atomic E-state index is 14.9. The van der Waals surface area contributed by atoms with E-state index in [4.69, 9.17) is 26.6 Å². The molecule has 470 valence electrons. The third-order valence-corrected chi connectivity index (χ3v) is 18.7. The minimum atomic E-state index is -0.496. The Morgan fingerprint density at radius 1 is 0.614 bits per heavy atom. The lowest BCUT2D eigenvalue weighted by Gasteiger charge is -2.32. The Bertz CT molecular complexity index is 4290. The summed E-state index contributed by atoms with van der Waals surface area (Å²) in [6, 6.07) is 11.4. The number of rotatable bonds is 6. The molecule has 1 saturated heterocycles. The Labute approximate surface area is 533 Å². The molecule has 88 heavy (non-hydrogen) atoms. The lowest BCUT2D eigenvalue weighted by atomic mass is 9.85. The fourth-order valence-corrected chi connectivity index (χ4v) is 10.7. The molecule has 0 spiro atoms. The van der Waals surface area contributed by atoms with Crippen LogP contribution in [0.25, 0.3) is 44.0 Å². The molecule has 8 heterocycles. The summed E-state index contributed by atoms with van der Waals surface area (Å²) in [7, 11) is 4.38. The Kier molecular flexibility index (Phi) is 18.6. The average molecular weight is 1380 g/mol. The summed E-state index contributed by atoms with van der Waals surface area (Å²) in [4.78, 5) is 80.0. The van der Waals surface area contributed by atoms with E-state index in [9.17, 15) is 37.1 Å². The highest BCUT2D eigenvalue weighted by Gasteiger charge is 2.53. The summed E-state index contributed by atoms with van der Waals surface area (Å²) in [6.07, 6.45) is 6.54. The van der Waals surface area contributed by atoms with Crippen molar-refractivity contribution in [3.63, 3.8) is 0 Å². The molecule has 0 unspecified atom stereocenters. The monoisotopic (exact) mass is 1380 g/mol. The average Bonchev–Trinajstić information content (AvgIpc) is 1.41. The molecule has 0 radical (unpaired) electrons. The van der Waals surface area contributed by atoms with E-state index in [0.717, 1.165) is 37.0 Å². The first kappa shape index (κ1) is 67.4. The number of aromatic nitrogens is 8. The molecule has 5 aromatic heterocycles. The van der Waals surface area contributed by atoms with E-state index >= 15 is 0 Å². The van der Waals surface area contributed by atoms with Crippen molar-refractivity contribution in [3.05, 3.63) is 134 Å². The van der Waals surface area contributed by atoms with Gasteiger partial charge in [-0.15, -0.1) is 12.4 Å². The second-order valence-corrected chi connectivity index (χ2v) is 26.7. The van der Waals surface area contributed by atoms with Crippen LogP contribution in [0.15, 0.2) is 71.9 Å². The van der Waals surface area contributed by atoms with Crippen molar-refractivity contribution in [3.8, 4) is 11.3 Å². The number of fused-ring (bicyclic) bond motifs is 5. The number of H-pyrrole nitrogens is 2. The molecular weight excluding hydrogens is 1310 g/mol. The Balaban J connectivity index is 0.000000150. The van der Waals surface area contributed by atoms with E-state index < -0.39 is 24.6 Å². The van der Waals surface area contributed by atoms with Crippen molar-refractivity contribution in [1.29, 1.82) is 0 Å². The molecular formula is C60H71BBr2Cl2F3N13O7. The normalized spacial score (nSPS) is 19.3. The first-order valence-electron chi connectivity index (χ1n) is 28.0. The number of halogens is 7. The standard InChI is InChI=1S/C20H20FN5O2.C13H19BN2O3.C13H13BrFN3O.C9H5BrClFN2O.C4H9N.CH4.ClH/c1-9-15-11(17(27)22-9)8-13(23-15)14-12(21)5-4-10-16(14)24-19(26(3)18(10)28)25-20(2)6-7-20;1-7-10-8(11(17)15-7)6-9(16-10)14-18-12(2,3)13(4,5)19-14;1-13(5-6-13)17-12-16-10-7(11(19)18(12)2)3-4-8(15)9(10)14;1-14-8(15)4-2-3-5(12)6(10)7(4)13-9(14)11;1-4(5)2-3-4;;/h4-5,8-9,23H,6-7H2,1-3H3,(H,22,27)(H,24,25);6-7,16H,1-5H3,(H,15,17);3-4H,5-6H2,1-2H3,(H,16,17);2-3H,1H3;2-3,5H2,1H3;1H4;1H/t9-;7-;;;;;/m11...../s1. The minimum absolute atomic E-state index is 0. The number of nitrogens with zero attached hydrogens (tertiary/aromatic N) is 6. The summed E-state index contributed by atoms with van der Waals surface area (Å²) in [5, 5.41) is 13.3. The van der Waals surface area contributed by atoms with Crippen molar-refractivity contribution in [2.75, 3.05) is 10.6 Å². The van der Waals surface area contributed by atoms with Crippen molar-refractivity contribution in [1.82, 2.24) is 49.3 Å². The molecule has 3 aromatic carbocycles. The number of hydrogen-bond donors (Lipinski definition) is 7. The fourth-order valence-electron chi connectivity index (χ4n) is 9.63. The summed E-state index contributed by atoms with van der Waals surface area (Å²) in [6.45, 7) is 18.1. The summed E-state index contributed by atoms with van der Waals surface area (Å²) < 4.78 is 58.1. The molecule has 3 saturated carbocycles. The smallest absolute Gasteiger partial charge is 0.398 e. The Morgan fingerprint density at radius 2 is 1.00 bits per heavy atom. The maximum Gasteiger partial charge on any atom is 0.512 e. The van der Waals surface area contributed by atoms with E-state index in [1.165, 1.54) is 70.0 Å². The van der Waals surface area contributed by atoms with Gasteiger partial charge in [0, 0.05) is 49.0 Å². The quantitative estimate of drug-likeness (QED) is 0.0604. The third kappa shape index (κ3) is 13.2. The first-order valence-corrected chi connectivity index (χ1v) is 29.9. The van der Waals surface area contributed by atoms with Crippen molar-refractivity contribution in [2.24, 2.45) is 26.9 Å². The van der Waals surface area contributed by atoms with Crippen LogP contribution in [-0.2, 0) is 30.5 Å². The van der Waals surface area contributed by atoms with Crippen LogP contribution in [0.3, 0.4) is 0 Å². The number of benzene rings is 3. The molecule has 3 aliphatic heterocycles. The zero-order valence-corrected chi connectivity index (χ0v) is 54.6. The van der Waals surface area contributed by atoms with Gasteiger partial charge in [0.1, 0.15) is 17.5 Å². The zero-order chi connectivity index (χ0) is 62.7. The highest BCUT2D eigenvalue weighted by atomic mass is 79.9. The molecule has 6 aliphatic rings. The van der Waals surface area contributed by atoms with Crippen LogP contribution in [0.4, 0.5) is 25.1 Å². The van der Waals surface area contributed by atoms with Gasteiger partial charge in [-0.3, -0.25) is 37.7 Å². The molecule has 0 bridgehead atoms. The van der Waals surface area contributed by atoms with Gasteiger partial charge in [-0.25, -0.2) is 28.1 Å². The number of anilines is 2. The van der Waals surface area contributed by atoms with Gasteiger partial charge in [0.05, 0.1) is 93.0 Å². The van der Waals surface area contributed by atoms with E-state index in [0.29, 0.717) is 56.1 Å². The largest absolute Gasteiger partial charge is 0.512 e. The number of amides is 2. The lowest BCUT2D eigenvalue weighted by molar-refractivity contribution is 0.00578. The summed E-state index contributed by atoms with van der Waals surface area (Å²) >= 11 is 11.9. The second-order valence-electron chi connectivity index (χ2n) is 24.7. The molecule has 20 nitrogen and oxygen atoms in total. The SMILES string of the molecule is C.CC1(N)CC1.C[C@H]1NC(=O)c2cc(-c3c(F)ccc4c(=O)n(C)c(NC5(C)CC5)nc34)[nH]c21.C[C@H]1NC(=O)c2cc(B3OC(C)(C)C(C)(C)O3)[nH]c21.Cl.Cn1c(Cl)nc2c(Br)c(F)ccc2c1=O.Cn1c(NC2(C)CC2)nc2c(Br)c(F)ccc2c1=O. The number of carbonyl (C=O) groups excluding carboxylic acids is 2. The number of nitrogens with one attached hydrogen (secondary N) is 6. The van der Waals surface area contributed by atoms with Crippen molar-refractivity contribution in [2.45, 2.75) is 148 Å². The van der Waals surface area contributed by atoms with Gasteiger partial charge in [-0.05, 0) is 193 Å². The van der Waals surface area contributed by atoms with Gasteiger partial charge in [0.2, 0.25) is 17.2 Å². The van der Waals surface area contributed by atoms with Crippen LogP contribution in [0.1, 0.15) is 152 Å². The van der Waals surface area contributed by atoms with Crippen LogP contribution in [0, 0.1) is 17.5 Å². The molecule has 4 fully saturated rings. The third-order valence-electron chi connectivity index (χ3n) is 16.8. The lowest BCUT2D eigenvalue weighted by Crippen LogP contribution is -2.41. The van der Waals surface area contributed by atoms with E-state index in [1.807, 2.05) is 47.6 Å². The summed E-state index contributed by atoms with van der Waals surface area (Å²) in [5.74, 6) is -0.737. The van der Waals surface area contributed by atoms with E-state index in [1.54, 1.807) is 20.2 Å².